The van der Waals surface area contributed by atoms with Crippen LogP contribution in [0.4, 0.5) is 10.1 Å². The minimum absolute atomic E-state index is 0.300. The molecule has 0 bridgehead atoms. The molecule has 2 atom stereocenters. The van der Waals surface area contributed by atoms with Gasteiger partial charge in [0.05, 0.1) is 10.7 Å². The van der Waals surface area contributed by atoms with E-state index < -0.39 is 0 Å². The molecule has 1 aliphatic carbocycles. The van der Waals surface area contributed by atoms with Crippen molar-refractivity contribution in [1.29, 1.82) is 0 Å². The van der Waals surface area contributed by atoms with Crippen molar-refractivity contribution in [1.82, 2.24) is 5.32 Å². The highest BCUT2D eigenvalue weighted by Gasteiger charge is 2.39. The highest BCUT2D eigenvalue weighted by atomic mass is 79.9. The first-order valence-electron chi connectivity index (χ1n) is 7.62. The van der Waals surface area contributed by atoms with Crippen LogP contribution in [0.1, 0.15) is 26.7 Å². The second kappa shape index (κ2) is 6.05. The Morgan fingerprint density at radius 3 is 2.67 bits per heavy atom. The second-order valence-electron chi connectivity index (χ2n) is 6.53. The first-order chi connectivity index (χ1) is 9.97. The van der Waals surface area contributed by atoms with Gasteiger partial charge in [-0.3, -0.25) is 0 Å². The molecule has 0 aromatic heterocycles. The van der Waals surface area contributed by atoms with Crippen LogP contribution >= 0.6 is 27.5 Å². The zero-order valence-electron chi connectivity index (χ0n) is 12.4. The van der Waals surface area contributed by atoms with Crippen LogP contribution in [0.25, 0.3) is 0 Å². The van der Waals surface area contributed by atoms with Crippen LogP contribution in [0.15, 0.2) is 16.6 Å². The number of hydrogen-bond acceptors (Lipinski definition) is 2. The van der Waals surface area contributed by atoms with E-state index in [2.05, 4.69) is 40.0 Å². The molecule has 0 radical (unpaired) electrons. The maximum atomic E-state index is 13.5. The Kier molecular flexibility index (Phi) is 4.49. The third kappa shape index (κ3) is 3.22. The quantitative estimate of drug-likeness (QED) is 0.839. The van der Waals surface area contributed by atoms with E-state index in [1.54, 1.807) is 0 Å². The molecular weight excluding hydrogens is 355 g/mol. The summed E-state index contributed by atoms with van der Waals surface area (Å²) in [6, 6.07) is 3.81. The molecule has 2 unspecified atom stereocenters. The van der Waals surface area contributed by atoms with Crippen LogP contribution in [-0.4, -0.2) is 25.2 Å². The number of nitrogens with one attached hydrogen (secondary N) is 1. The van der Waals surface area contributed by atoms with Gasteiger partial charge in [-0.15, -0.1) is 0 Å². The summed E-state index contributed by atoms with van der Waals surface area (Å²) in [5.41, 5.74) is 0.934. The Morgan fingerprint density at radius 1 is 1.38 bits per heavy atom. The van der Waals surface area contributed by atoms with Crippen molar-refractivity contribution >= 4 is 33.2 Å². The molecule has 116 valence electrons. The van der Waals surface area contributed by atoms with Gasteiger partial charge in [-0.1, -0.05) is 25.4 Å². The van der Waals surface area contributed by atoms with E-state index in [0.29, 0.717) is 23.0 Å². The lowest BCUT2D eigenvalue weighted by Gasteiger charge is -2.44. The standard InChI is InChI=1S/C16H21BrClFN2/c1-9(2)15-7-20-14(10-3-4-10)8-21(15)16-12(17)5-11(19)6-13(16)18/h5-6,9-10,14-15,20H,3-4,7-8H2,1-2H3. The van der Waals surface area contributed by atoms with Crippen LogP contribution in [0.3, 0.4) is 0 Å². The van der Waals surface area contributed by atoms with Crippen molar-refractivity contribution in [2.75, 3.05) is 18.0 Å². The van der Waals surface area contributed by atoms with Crippen molar-refractivity contribution in [2.45, 2.75) is 38.8 Å². The van der Waals surface area contributed by atoms with E-state index in [9.17, 15) is 4.39 Å². The molecule has 1 aliphatic heterocycles. The number of piperazine rings is 1. The third-order valence-corrected chi connectivity index (χ3v) is 5.50. The van der Waals surface area contributed by atoms with E-state index in [1.165, 1.54) is 25.0 Å². The Labute approximate surface area is 139 Å². The molecule has 3 rings (SSSR count). The largest absolute Gasteiger partial charge is 0.363 e. The lowest BCUT2D eigenvalue weighted by molar-refractivity contribution is 0.320. The molecule has 0 spiro atoms. The van der Waals surface area contributed by atoms with Crippen LogP contribution in [0.2, 0.25) is 5.02 Å². The highest BCUT2D eigenvalue weighted by molar-refractivity contribution is 9.10. The maximum Gasteiger partial charge on any atom is 0.125 e. The maximum absolute atomic E-state index is 13.5. The average Bonchev–Trinajstić information content (AvgIpc) is 3.21. The molecule has 1 saturated carbocycles. The number of rotatable bonds is 3. The molecule has 1 saturated heterocycles. The summed E-state index contributed by atoms with van der Waals surface area (Å²) in [5.74, 6) is 0.995. The normalized spacial score (nSPS) is 26.5. The Hall–Kier alpha value is -0.320. The summed E-state index contributed by atoms with van der Waals surface area (Å²) in [5, 5.41) is 4.18. The predicted octanol–water partition coefficient (Wildman–Crippen LogP) is 4.45. The van der Waals surface area contributed by atoms with E-state index in [4.69, 9.17) is 11.6 Å². The fraction of sp³-hybridized carbons (Fsp3) is 0.625. The SMILES string of the molecule is CC(C)C1CNC(C2CC2)CN1c1c(Cl)cc(F)cc1Br. The molecule has 5 heteroatoms. The van der Waals surface area contributed by atoms with E-state index in [-0.39, 0.29) is 5.82 Å². The summed E-state index contributed by atoms with van der Waals surface area (Å²) >= 11 is 9.85. The molecule has 1 aromatic carbocycles. The summed E-state index contributed by atoms with van der Waals surface area (Å²) in [4.78, 5) is 2.37. The average molecular weight is 376 g/mol. The zero-order valence-corrected chi connectivity index (χ0v) is 14.7. The molecule has 1 aromatic rings. The van der Waals surface area contributed by atoms with Gasteiger partial charge < -0.3 is 10.2 Å². The van der Waals surface area contributed by atoms with Gasteiger partial charge in [0, 0.05) is 29.6 Å². The van der Waals surface area contributed by atoms with Crippen LogP contribution < -0.4 is 10.2 Å². The topological polar surface area (TPSA) is 15.3 Å². The molecule has 0 amide bonds. The smallest absolute Gasteiger partial charge is 0.125 e. The fourth-order valence-corrected chi connectivity index (χ4v) is 4.36. The lowest BCUT2D eigenvalue weighted by Crippen LogP contribution is -2.59. The molecule has 1 N–H and O–H groups in total. The minimum atomic E-state index is -0.300. The third-order valence-electron chi connectivity index (χ3n) is 4.61. The first-order valence-corrected chi connectivity index (χ1v) is 8.79. The highest BCUT2D eigenvalue weighted by Crippen LogP contribution is 2.41. The molecular formula is C16H21BrClFN2. The van der Waals surface area contributed by atoms with Crippen molar-refractivity contribution < 1.29 is 4.39 Å². The minimum Gasteiger partial charge on any atom is -0.363 e. The van der Waals surface area contributed by atoms with Gasteiger partial charge in [0.15, 0.2) is 0 Å². The van der Waals surface area contributed by atoms with Gasteiger partial charge >= 0.3 is 0 Å². The van der Waals surface area contributed by atoms with Crippen LogP contribution in [-0.2, 0) is 0 Å². The van der Waals surface area contributed by atoms with Gasteiger partial charge in [-0.05, 0) is 52.7 Å². The van der Waals surface area contributed by atoms with E-state index in [0.717, 1.165) is 29.2 Å². The number of halogens is 3. The van der Waals surface area contributed by atoms with Gasteiger partial charge in [-0.25, -0.2) is 4.39 Å². The first kappa shape index (κ1) is 15.6. The fourth-order valence-electron chi connectivity index (χ4n) is 3.27. The predicted molar refractivity (Wildman–Crippen MR) is 89.6 cm³/mol. The summed E-state index contributed by atoms with van der Waals surface area (Å²) in [7, 11) is 0. The van der Waals surface area contributed by atoms with Gasteiger partial charge in [0.1, 0.15) is 5.82 Å². The monoisotopic (exact) mass is 374 g/mol. The van der Waals surface area contributed by atoms with Crippen molar-refractivity contribution in [2.24, 2.45) is 11.8 Å². The zero-order chi connectivity index (χ0) is 15.1. The lowest BCUT2D eigenvalue weighted by atomic mass is 9.96. The molecule has 21 heavy (non-hydrogen) atoms. The van der Waals surface area contributed by atoms with Crippen molar-refractivity contribution in [3.63, 3.8) is 0 Å². The summed E-state index contributed by atoms with van der Waals surface area (Å²) < 4.78 is 14.2. The van der Waals surface area contributed by atoms with Crippen molar-refractivity contribution in [3.8, 4) is 0 Å². The van der Waals surface area contributed by atoms with Crippen LogP contribution in [0.5, 0.6) is 0 Å². The summed E-state index contributed by atoms with van der Waals surface area (Å²) in [6.45, 7) is 6.35. The van der Waals surface area contributed by atoms with Gasteiger partial charge in [-0.2, -0.15) is 0 Å². The van der Waals surface area contributed by atoms with E-state index >= 15 is 0 Å². The van der Waals surface area contributed by atoms with E-state index in [1.807, 2.05) is 0 Å². The number of benzene rings is 1. The van der Waals surface area contributed by atoms with Gasteiger partial charge in [0.25, 0.3) is 0 Å². The molecule has 1 heterocycles. The Morgan fingerprint density at radius 2 is 2.10 bits per heavy atom. The molecule has 2 nitrogen and oxygen atoms in total. The number of anilines is 1. The number of hydrogen-bond donors (Lipinski definition) is 1. The Balaban J connectivity index is 1.94. The van der Waals surface area contributed by atoms with Crippen LogP contribution in [0, 0.1) is 17.7 Å². The second-order valence-corrected chi connectivity index (χ2v) is 7.80. The molecule has 2 aliphatic rings. The summed E-state index contributed by atoms with van der Waals surface area (Å²) in [6.07, 6.45) is 2.63. The van der Waals surface area contributed by atoms with Gasteiger partial charge in [0.2, 0.25) is 0 Å². The number of nitrogens with zero attached hydrogens (tertiary/aromatic N) is 1. The Bertz CT molecular complexity index is 510. The van der Waals surface area contributed by atoms with Crippen molar-refractivity contribution in [3.05, 3.63) is 27.4 Å². The molecule has 2 fully saturated rings.